The molecule has 6 heteroatoms. The van der Waals surface area contributed by atoms with Gasteiger partial charge in [-0.15, -0.1) is 0 Å². The van der Waals surface area contributed by atoms with Crippen LogP contribution in [-0.4, -0.2) is 28.3 Å². The van der Waals surface area contributed by atoms with Crippen LogP contribution in [0, 0.1) is 12.8 Å². The highest BCUT2D eigenvalue weighted by molar-refractivity contribution is 5.79. The van der Waals surface area contributed by atoms with Gasteiger partial charge in [-0.25, -0.2) is 4.79 Å². The van der Waals surface area contributed by atoms with Crippen molar-refractivity contribution in [2.24, 2.45) is 13.0 Å². The predicted octanol–water partition coefficient (Wildman–Crippen LogP) is 3.26. The molecule has 140 valence electrons. The van der Waals surface area contributed by atoms with Crippen LogP contribution >= 0.6 is 0 Å². The van der Waals surface area contributed by atoms with E-state index in [0.29, 0.717) is 12.5 Å². The van der Waals surface area contributed by atoms with Crippen molar-refractivity contribution in [2.45, 2.75) is 52.0 Å². The summed E-state index contributed by atoms with van der Waals surface area (Å²) in [5, 5.41) is 3.91. The first-order valence-electron chi connectivity index (χ1n) is 9.30. The summed E-state index contributed by atoms with van der Waals surface area (Å²) in [5.74, 6) is 0.499. The maximum atomic E-state index is 13.0. The Labute approximate surface area is 153 Å². The Kier molecular flexibility index (Phi) is 5.30. The lowest BCUT2D eigenvalue weighted by atomic mass is 9.74. The Morgan fingerprint density at radius 3 is 2.88 bits per heavy atom. The van der Waals surface area contributed by atoms with Gasteiger partial charge in [0, 0.05) is 35.9 Å². The Hall–Kier alpha value is -2.37. The van der Waals surface area contributed by atoms with E-state index in [1.165, 1.54) is 0 Å². The molecule has 3 unspecified atom stereocenters. The molecule has 0 spiro atoms. The number of carbonyl (C=O) groups is 1. The number of amides is 1. The topological polar surface area (TPSA) is 73.2 Å². The van der Waals surface area contributed by atoms with E-state index < -0.39 is 0 Å². The maximum absolute atomic E-state index is 13.0. The molecule has 1 aliphatic carbocycles. The van der Waals surface area contributed by atoms with Crippen molar-refractivity contribution in [1.29, 1.82) is 0 Å². The van der Waals surface area contributed by atoms with E-state index in [1.807, 2.05) is 32.3 Å². The minimum Gasteiger partial charge on any atom is -0.450 e. The molecule has 3 rings (SSSR count). The van der Waals surface area contributed by atoms with Gasteiger partial charge < -0.3 is 14.6 Å². The Bertz CT molecular complexity index is 874. The van der Waals surface area contributed by atoms with E-state index >= 15 is 0 Å². The molecule has 0 aliphatic heterocycles. The monoisotopic (exact) mass is 357 g/mol. The van der Waals surface area contributed by atoms with Crippen LogP contribution in [0.25, 0.3) is 10.9 Å². The number of fused-ring (bicyclic) bond motifs is 1. The van der Waals surface area contributed by atoms with Crippen molar-refractivity contribution in [1.82, 2.24) is 14.9 Å². The van der Waals surface area contributed by atoms with Crippen molar-refractivity contribution < 1.29 is 9.53 Å². The van der Waals surface area contributed by atoms with Crippen LogP contribution in [0.15, 0.2) is 23.1 Å². The molecular weight excluding hydrogens is 330 g/mol. The fraction of sp³-hybridized carbons (Fsp3) is 0.550. The zero-order valence-electron chi connectivity index (χ0n) is 15.9. The van der Waals surface area contributed by atoms with Gasteiger partial charge in [0.1, 0.15) is 0 Å². The summed E-state index contributed by atoms with van der Waals surface area (Å²) in [7, 11) is 1.81. The number of carbonyl (C=O) groups excluding carboxylic acids is 1. The number of aryl methyl sites for hydroxylation is 2. The number of rotatable bonds is 3. The van der Waals surface area contributed by atoms with Gasteiger partial charge in [-0.3, -0.25) is 9.78 Å². The summed E-state index contributed by atoms with van der Waals surface area (Å²) in [6.07, 6.45) is 4.08. The zero-order valence-corrected chi connectivity index (χ0v) is 15.9. The molecule has 2 aromatic rings. The average Bonchev–Trinajstić information content (AvgIpc) is 2.60. The number of nitrogens with zero attached hydrogens (tertiary/aromatic N) is 2. The van der Waals surface area contributed by atoms with Gasteiger partial charge in [0.05, 0.1) is 12.1 Å². The molecular formula is C20H27N3O3. The van der Waals surface area contributed by atoms with Crippen molar-refractivity contribution in [3.05, 3.63) is 39.9 Å². The van der Waals surface area contributed by atoms with E-state index in [2.05, 4.69) is 17.2 Å². The third kappa shape index (κ3) is 3.59. The van der Waals surface area contributed by atoms with Crippen LogP contribution in [0.3, 0.4) is 0 Å². The van der Waals surface area contributed by atoms with Crippen LogP contribution in [-0.2, 0) is 11.8 Å². The van der Waals surface area contributed by atoms with Crippen molar-refractivity contribution in [2.75, 3.05) is 6.61 Å². The summed E-state index contributed by atoms with van der Waals surface area (Å²) in [4.78, 5) is 29.1. The number of hydrogen-bond donors (Lipinski definition) is 1. The lowest BCUT2D eigenvalue weighted by molar-refractivity contribution is 0.141. The minimum atomic E-state index is -0.378. The molecule has 0 saturated heterocycles. The maximum Gasteiger partial charge on any atom is 0.407 e. The molecule has 1 amide bonds. The summed E-state index contributed by atoms with van der Waals surface area (Å²) >= 11 is 0. The van der Waals surface area contributed by atoms with Gasteiger partial charge in [-0.05, 0) is 57.1 Å². The highest BCUT2D eigenvalue weighted by atomic mass is 16.5. The van der Waals surface area contributed by atoms with Crippen LogP contribution in [0.2, 0.25) is 0 Å². The number of nitrogens with one attached hydrogen (secondary N) is 1. The molecule has 6 nitrogen and oxygen atoms in total. The number of ether oxygens (including phenoxy) is 1. The first kappa shape index (κ1) is 18.4. The second-order valence-electron chi connectivity index (χ2n) is 7.31. The first-order chi connectivity index (χ1) is 12.4. The lowest BCUT2D eigenvalue weighted by Crippen LogP contribution is -2.41. The zero-order chi connectivity index (χ0) is 18.8. The molecule has 1 fully saturated rings. The highest BCUT2D eigenvalue weighted by Gasteiger charge is 2.32. The van der Waals surface area contributed by atoms with Crippen molar-refractivity contribution in [3.63, 3.8) is 0 Å². The minimum absolute atomic E-state index is 0.0341. The summed E-state index contributed by atoms with van der Waals surface area (Å²) in [6.45, 7) is 6.25. The van der Waals surface area contributed by atoms with Crippen molar-refractivity contribution in [3.8, 4) is 0 Å². The normalized spacial score (nSPS) is 23.0. The molecule has 26 heavy (non-hydrogen) atoms. The van der Waals surface area contributed by atoms with Gasteiger partial charge in [0.2, 0.25) is 0 Å². The standard InChI is InChI=1S/C20H27N3O3/c1-5-26-20(25)22-15-7-6-12(2)16(10-15)17-9-14-11-21-13(3)8-18(14)23(4)19(17)24/h8-9,11-12,15-16H,5-7,10H2,1-4H3,(H,22,25). The lowest BCUT2D eigenvalue weighted by Gasteiger charge is -2.34. The van der Waals surface area contributed by atoms with Crippen molar-refractivity contribution >= 4 is 17.0 Å². The molecule has 0 aromatic carbocycles. The molecule has 1 saturated carbocycles. The van der Waals surface area contributed by atoms with E-state index in [-0.39, 0.29) is 23.6 Å². The smallest absolute Gasteiger partial charge is 0.407 e. The highest BCUT2D eigenvalue weighted by Crippen LogP contribution is 2.37. The third-order valence-corrected chi connectivity index (χ3v) is 5.47. The Morgan fingerprint density at radius 2 is 2.15 bits per heavy atom. The second kappa shape index (κ2) is 7.48. The summed E-state index contributed by atoms with van der Waals surface area (Å²) in [5.41, 5.74) is 2.64. The molecule has 2 aromatic heterocycles. The van der Waals surface area contributed by atoms with Gasteiger partial charge in [-0.1, -0.05) is 6.92 Å². The number of hydrogen-bond acceptors (Lipinski definition) is 4. The Morgan fingerprint density at radius 1 is 1.38 bits per heavy atom. The number of aromatic nitrogens is 2. The Balaban J connectivity index is 1.93. The quantitative estimate of drug-likeness (QED) is 0.915. The van der Waals surface area contributed by atoms with Gasteiger partial charge in [-0.2, -0.15) is 0 Å². The van der Waals surface area contributed by atoms with Crippen LogP contribution in [0.1, 0.15) is 50.3 Å². The fourth-order valence-electron chi connectivity index (χ4n) is 3.98. The molecule has 0 bridgehead atoms. The number of alkyl carbamates (subject to hydrolysis) is 1. The molecule has 1 aliphatic rings. The molecule has 2 heterocycles. The predicted molar refractivity (Wildman–Crippen MR) is 101 cm³/mol. The SMILES string of the molecule is CCOC(=O)NC1CCC(C)C(c2cc3cnc(C)cc3n(C)c2=O)C1. The largest absolute Gasteiger partial charge is 0.450 e. The summed E-state index contributed by atoms with van der Waals surface area (Å²) < 4.78 is 6.72. The molecule has 1 N–H and O–H groups in total. The van der Waals surface area contributed by atoms with E-state index in [1.54, 1.807) is 11.5 Å². The van der Waals surface area contributed by atoms with E-state index in [9.17, 15) is 9.59 Å². The second-order valence-corrected chi connectivity index (χ2v) is 7.31. The van der Waals surface area contributed by atoms with Crippen LogP contribution in [0.5, 0.6) is 0 Å². The van der Waals surface area contributed by atoms with Gasteiger partial charge in [0.15, 0.2) is 0 Å². The van der Waals surface area contributed by atoms with Crippen LogP contribution < -0.4 is 10.9 Å². The molecule has 3 atom stereocenters. The van der Waals surface area contributed by atoms with E-state index in [4.69, 9.17) is 4.74 Å². The fourth-order valence-corrected chi connectivity index (χ4v) is 3.98. The average molecular weight is 357 g/mol. The first-order valence-corrected chi connectivity index (χ1v) is 9.30. The van der Waals surface area contributed by atoms with E-state index in [0.717, 1.165) is 41.4 Å². The van der Waals surface area contributed by atoms with Gasteiger partial charge in [0.25, 0.3) is 5.56 Å². The summed E-state index contributed by atoms with van der Waals surface area (Å²) in [6, 6.07) is 3.96. The van der Waals surface area contributed by atoms with Crippen LogP contribution in [0.4, 0.5) is 4.79 Å². The van der Waals surface area contributed by atoms with Gasteiger partial charge >= 0.3 is 6.09 Å². The number of pyridine rings is 2. The third-order valence-electron chi connectivity index (χ3n) is 5.47. The molecule has 0 radical (unpaired) electrons.